The van der Waals surface area contributed by atoms with Crippen molar-refractivity contribution in [2.24, 2.45) is 0 Å². The zero-order valence-electron chi connectivity index (χ0n) is 7.27. The van der Waals surface area contributed by atoms with Crippen LogP contribution < -0.4 is 5.73 Å². The van der Waals surface area contributed by atoms with Gasteiger partial charge in [0.05, 0.1) is 18.0 Å². The van der Waals surface area contributed by atoms with Crippen LogP contribution >= 0.6 is 11.3 Å². The summed E-state index contributed by atoms with van der Waals surface area (Å²) in [5.41, 5.74) is 6.10. The molecule has 0 saturated carbocycles. The van der Waals surface area contributed by atoms with Crippen molar-refractivity contribution in [3.05, 3.63) is 23.2 Å². The van der Waals surface area contributed by atoms with Gasteiger partial charge in [0.15, 0.2) is 16.7 Å². The van der Waals surface area contributed by atoms with E-state index in [2.05, 4.69) is 4.98 Å². The number of hydrogen-bond acceptors (Lipinski definition) is 5. The van der Waals surface area contributed by atoms with Crippen LogP contribution in [0.2, 0.25) is 0 Å². The van der Waals surface area contributed by atoms with Gasteiger partial charge in [0.25, 0.3) is 0 Å². The second-order valence-electron chi connectivity index (χ2n) is 3.06. The summed E-state index contributed by atoms with van der Waals surface area (Å²) in [6.45, 7) is 0. The van der Waals surface area contributed by atoms with Crippen molar-refractivity contribution in [1.82, 2.24) is 4.98 Å². The van der Waals surface area contributed by atoms with Gasteiger partial charge in [-0.05, 0) is 6.08 Å². The number of rotatable bonds is 1. The topological polar surface area (TPSA) is 73.0 Å². The van der Waals surface area contributed by atoms with E-state index < -0.39 is 0 Å². The van der Waals surface area contributed by atoms with Gasteiger partial charge in [0.2, 0.25) is 0 Å². The van der Waals surface area contributed by atoms with E-state index in [1.165, 1.54) is 17.4 Å². The van der Waals surface area contributed by atoms with E-state index in [0.717, 1.165) is 0 Å². The molecule has 0 aliphatic heterocycles. The van der Waals surface area contributed by atoms with Crippen molar-refractivity contribution < 1.29 is 9.59 Å². The van der Waals surface area contributed by atoms with Gasteiger partial charge in [-0.25, -0.2) is 4.98 Å². The number of nitrogens with zero attached hydrogens (tertiary/aromatic N) is 1. The maximum absolute atomic E-state index is 11.5. The molecule has 0 saturated heterocycles. The quantitative estimate of drug-likeness (QED) is 0.696. The minimum absolute atomic E-state index is 0.0292. The highest BCUT2D eigenvalue weighted by Crippen LogP contribution is 2.25. The Labute approximate surface area is 84.4 Å². The fraction of sp³-hybridized carbons (Fsp3) is 0.222. The summed E-state index contributed by atoms with van der Waals surface area (Å²) in [6, 6.07) is 0. The van der Waals surface area contributed by atoms with E-state index in [9.17, 15) is 9.59 Å². The normalized spacial score (nSPS) is 21.6. The van der Waals surface area contributed by atoms with Crippen molar-refractivity contribution >= 4 is 28.0 Å². The average molecular weight is 208 g/mol. The van der Waals surface area contributed by atoms with Gasteiger partial charge >= 0.3 is 0 Å². The first-order valence-corrected chi connectivity index (χ1v) is 4.99. The lowest BCUT2D eigenvalue weighted by molar-refractivity contribution is -0.125. The third-order valence-corrected chi connectivity index (χ3v) is 2.72. The lowest BCUT2D eigenvalue weighted by atomic mass is 9.92. The molecule has 4 nitrogen and oxygen atoms in total. The number of carbonyl (C=O) groups excluding carboxylic acids is 2. The van der Waals surface area contributed by atoms with Gasteiger partial charge in [-0.1, -0.05) is 6.08 Å². The fourth-order valence-electron chi connectivity index (χ4n) is 1.36. The summed E-state index contributed by atoms with van der Waals surface area (Å²) >= 11 is 1.30. The molecule has 1 aliphatic rings. The molecule has 14 heavy (non-hydrogen) atoms. The number of Topliss-reactive ketones (excluding diaryl/α,β-unsaturated/α-hetero) is 1. The number of carbonyl (C=O) groups is 2. The lowest BCUT2D eigenvalue weighted by Crippen LogP contribution is -2.18. The third kappa shape index (κ3) is 1.58. The highest BCUT2D eigenvalue weighted by Gasteiger charge is 2.25. The molecule has 0 aromatic carbocycles. The highest BCUT2D eigenvalue weighted by molar-refractivity contribution is 7.13. The van der Waals surface area contributed by atoms with E-state index in [0.29, 0.717) is 10.8 Å². The monoisotopic (exact) mass is 208 g/mol. The zero-order valence-corrected chi connectivity index (χ0v) is 8.08. The first-order valence-electron chi connectivity index (χ1n) is 4.11. The van der Waals surface area contributed by atoms with Gasteiger partial charge in [-0.3, -0.25) is 9.59 Å². The maximum atomic E-state index is 11.5. The Kier molecular flexibility index (Phi) is 2.17. The van der Waals surface area contributed by atoms with Crippen LogP contribution in [0.25, 0.3) is 0 Å². The zero-order chi connectivity index (χ0) is 10.1. The molecule has 1 unspecified atom stereocenters. The van der Waals surface area contributed by atoms with E-state index in [1.807, 2.05) is 0 Å². The predicted octanol–water partition coefficient (Wildman–Crippen LogP) is 0.907. The third-order valence-electron chi connectivity index (χ3n) is 2.03. The number of anilines is 1. The van der Waals surface area contributed by atoms with Crippen molar-refractivity contribution in [1.29, 1.82) is 0 Å². The van der Waals surface area contributed by atoms with Crippen LogP contribution in [0.5, 0.6) is 0 Å². The average Bonchev–Trinajstić information content (AvgIpc) is 2.51. The molecule has 1 heterocycles. The Bertz CT molecular complexity index is 422. The van der Waals surface area contributed by atoms with Crippen LogP contribution in [0.1, 0.15) is 18.0 Å². The molecule has 0 radical (unpaired) electrons. The predicted molar refractivity (Wildman–Crippen MR) is 53.0 cm³/mol. The molecule has 72 valence electrons. The molecule has 1 aliphatic carbocycles. The van der Waals surface area contributed by atoms with Gasteiger partial charge in [-0.15, -0.1) is 11.3 Å². The number of nitrogens with two attached hydrogens (primary N) is 1. The summed E-state index contributed by atoms with van der Waals surface area (Å²) in [5.74, 6) is -0.640. The molecule has 5 heteroatoms. The Morgan fingerprint density at radius 2 is 2.29 bits per heavy atom. The number of hydrogen-bond donors (Lipinski definition) is 1. The molecule has 0 fully saturated rings. The van der Waals surface area contributed by atoms with Gasteiger partial charge in [0.1, 0.15) is 0 Å². The molecular weight excluding hydrogens is 200 g/mol. The summed E-state index contributed by atoms with van der Waals surface area (Å²) in [4.78, 5) is 26.4. The number of nitrogen functional groups attached to an aromatic ring is 1. The van der Waals surface area contributed by atoms with E-state index in [-0.39, 0.29) is 23.9 Å². The molecule has 0 amide bonds. The minimum Gasteiger partial charge on any atom is -0.375 e. The Balaban J connectivity index is 2.31. The molecule has 2 N–H and O–H groups in total. The Morgan fingerprint density at radius 3 is 2.86 bits per heavy atom. The summed E-state index contributed by atoms with van der Waals surface area (Å²) < 4.78 is 0. The van der Waals surface area contributed by atoms with Crippen LogP contribution in [0.3, 0.4) is 0 Å². The van der Waals surface area contributed by atoms with Crippen molar-refractivity contribution in [2.45, 2.75) is 12.3 Å². The Hall–Kier alpha value is -1.49. The lowest BCUT2D eigenvalue weighted by Gasteiger charge is -2.11. The van der Waals surface area contributed by atoms with E-state index in [1.54, 1.807) is 11.5 Å². The fourth-order valence-corrected chi connectivity index (χ4v) is 1.96. The molecule has 2 rings (SSSR count). The molecule has 1 aromatic heterocycles. The standard InChI is InChI=1S/C9H8N2O2S/c10-9-11-7(4-14-9)6-2-1-5(12)3-8(6)13/h1-2,4,6H,3H2,(H2,10,11). The summed E-state index contributed by atoms with van der Waals surface area (Å²) in [5, 5.41) is 2.19. The highest BCUT2D eigenvalue weighted by atomic mass is 32.1. The van der Waals surface area contributed by atoms with Crippen molar-refractivity contribution in [3.63, 3.8) is 0 Å². The molecule has 0 spiro atoms. The second-order valence-corrected chi connectivity index (χ2v) is 3.95. The van der Waals surface area contributed by atoms with Gasteiger partial charge in [-0.2, -0.15) is 0 Å². The van der Waals surface area contributed by atoms with Crippen LogP contribution in [-0.4, -0.2) is 16.6 Å². The van der Waals surface area contributed by atoms with Crippen LogP contribution in [0.15, 0.2) is 17.5 Å². The van der Waals surface area contributed by atoms with Gasteiger partial charge < -0.3 is 5.73 Å². The SMILES string of the molecule is Nc1nc(C2C=CC(=O)CC2=O)cs1. The van der Waals surface area contributed by atoms with Crippen LogP contribution in [-0.2, 0) is 9.59 Å². The first kappa shape index (κ1) is 9.08. The van der Waals surface area contributed by atoms with Crippen molar-refractivity contribution in [2.75, 3.05) is 5.73 Å². The largest absolute Gasteiger partial charge is 0.375 e. The number of aromatic nitrogens is 1. The van der Waals surface area contributed by atoms with E-state index in [4.69, 9.17) is 5.73 Å². The first-order chi connectivity index (χ1) is 6.66. The minimum atomic E-state index is -0.388. The Morgan fingerprint density at radius 1 is 1.50 bits per heavy atom. The number of thiazole rings is 1. The number of allylic oxidation sites excluding steroid dienone is 2. The molecule has 1 atom stereocenters. The van der Waals surface area contributed by atoms with Gasteiger partial charge in [0, 0.05) is 5.38 Å². The molecule has 0 bridgehead atoms. The van der Waals surface area contributed by atoms with Crippen LogP contribution in [0.4, 0.5) is 5.13 Å². The summed E-state index contributed by atoms with van der Waals surface area (Å²) in [7, 11) is 0. The number of ketones is 2. The van der Waals surface area contributed by atoms with Crippen LogP contribution in [0, 0.1) is 0 Å². The second kappa shape index (κ2) is 3.34. The van der Waals surface area contributed by atoms with E-state index >= 15 is 0 Å². The molecule has 1 aromatic rings. The smallest absolute Gasteiger partial charge is 0.180 e. The molecular formula is C9H8N2O2S. The van der Waals surface area contributed by atoms with Crippen molar-refractivity contribution in [3.8, 4) is 0 Å². The summed E-state index contributed by atoms with van der Waals surface area (Å²) in [6.07, 6.45) is 2.99. The maximum Gasteiger partial charge on any atom is 0.180 e.